The molecule has 0 aliphatic heterocycles. The Balaban J connectivity index is 1.65. The summed E-state index contributed by atoms with van der Waals surface area (Å²) in [5.74, 6) is 1.33. The Labute approximate surface area is 178 Å². The maximum atomic E-state index is 13.0. The van der Waals surface area contributed by atoms with Gasteiger partial charge in [0.05, 0.1) is 14.2 Å². The van der Waals surface area contributed by atoms with E-state index < -0.39 is 0 Å². The molecule has 30 heavy (non-hydrogen) atoms. The Morgan fingerprint density at radius 3 is 2.50 bits per heavy atom. The molecule has 1 amide bonds. The molecule has 0 saturated heterocycles. The number of rotatable bonds is 9. The fourth-order valence-corrected chi connectivity index (χ4v) is 3.52. The normalized spacial score (nSPS) is 10.5. The summed E-state index contributed by atoms with van der Waals surface area (Å²) >= 11 is 1.35. The Bertz CT molecular complexity index is 991. The zero-order chi connectivity index (χ0) is 21.5. The van der Waals surface area contributed by atoms with Gasteiger partial charge in [-0.2, -0.15) is 0 Å². The summed E-state index contributed by atoms with van der Waals surface area (Å²) in [5, 5.41) is 2.40. The van der Waals surface area contributed by atoms with Crippen molar-refractivity contribution in [1.29, 1.82) is 0 Å². The predicted octanol–water partition coefficient (Wildman–Crippen LogP) is 4.54. The molecule has 0 atom stereocenters. The van der Waals surface area contributed by atoms with E-state index in [4.69, 9.17) is 14.2 Å². The summed E-state index contributed by atoms with van der Waals surface area (Å²) in [7, 11) is 3.16. The highest BCUT2D eigenvalue weighted by Gasteiger charge is 2.19. The summed E-state index contributed by atoms with van der Waals surface area (Å²) < 4.78 is 29.2. The van der Waals surface area contributed by atoms with Gasteiger partial charge in [-0.3, -0.25) is 4.79 Å². The number of amides is 1. The van der Waals surface area contributed by atoms with Gasteiger partial charge in [-0.15, -0.1) is 11.3 Å². The lowest BCUT2D eigenvalue weighted by atomic mass is 10.2. The fourth-order valence-electron chi connectivity index (χ4n) is 2.84. The molecule has 0 saturated carbocycles. The number of methoxy groups -OCH3 is 2. The Morgan fingerprint density at radius 1 is 1.10 bits per heavy atom. The van der Waals surface area contributed by atoms with Gasteiger partial charge in [0.25, 0.3) is 5.91 Å². The molecule has 0 spiro atoms. The molecule has 1 aromatic heterocycles. The highest BCUT2D eigenvalue weighted by atomic mass is 32.1. The van der Waals surface area contributed by atoms with Crippen LogP contribution in [0.1, 0.15) is 28.0 Å². The smallest absolute Gasteiger partial charge is 0.273 e. The monoisotopic (exact) mass is 430 g/mol. The molecule has 0 aliphatic rings. The van der Waals surface area contributed by atoms with Crippen molar-refractivity contribution in [3.63, 3.8) is 0 Å². The number of ether oxygens (including phenoxy) is 3. The maximum Gasteiger partial charge on any atom is 0.273 e. The summed E-state index contributed by atoms with van der Waals surface area (Å²) in [5.41, 5.74) is 1.30. The minimum atomic E-state index is -0.321. The van der Waals surface area contributed by atoms with Gasteiger partial charge < -0.3 is 19.1 Å². The van der Waals surface area contributed by atoms with E-state index in [-0.39, 0.29) is 18.3 Å². The molecule has 0 N–H and O–H groups in total. The number of nitrogens with zero attached hydrogens (tertiary/aromatic N) is 2. The SMILES string of the molecule is CCN(Cc1ccc(OC)c(OC)c1)C(=O)c1csc(COc2ccc(F)cc2)n1. The van der Waals surface area contributed by atoms with E-state index in [0.29, 0.717) is 41.0 Å². The van der Waals surface area contributed by atoms with E-state index in [0.717, 1.165) is 5.56 Å². The molecular weight excluding hydrogens is 407 g/mol. The number of carbonyl (C=O) groups is 1. The quantitative estimate of drug-likeness (QED) is 0.499. The van der Waals surface area contributed by atoms with Gasteiger partial charge in [-0.05, 0) is 48.9 Å². The van der Waals surface area contributed by atoms with Crippen LogP contribution >= 0.6 is 11.3 Å². The van der Waals surface area contributed by atoms with Crippen LogP contribution in [0.15, 0.2) is 47.8 Å². The van der Waals surface area contributed by atoms with Gasteiger partial charge in [0.15, 0.2) is 11.5 Å². The largest absolute Gasteiger partial charge is 0.493 e. The lowest BCUT2D eigenvalue weighted by Gasteiger charge is -2.20. The zero-order valence-corrected chi connectivity index (χ0v) is 17.9. The number of aromatic nitrogens is 1. The van der Waals surface area contributed by atoms with Crippen molar-refractivity contribution >= 4 is 17.2 Å². The van der Waals surface area contributed by atoms with Crippen molar-refractivity contribution in [2.24, 2.45) is 0 Å². The van der Waals surface area contributed by atoms with E-state index >= 15 is 0 Å². The highest BCUT2D eigenvalue weighted by Crippen LogP contribution is 2.28. The first-order valence-electron chi connectivity index (χ1n) is 9.37. The first-order valence-corrected chi connectivity index (χ1v) is 10.2. The van der Waals surface area contributed by atoms with Crippen LogP contribution in [-0.2, 0) is 13.2 Å². The van der Waals surface area contributed by atoms with Crippen LogP contribution in [0, 0.1) is 5.82 Å². The van der Waals surface area contributed by atoms with Gasteiger partial charge in [0.2, 0.25) is 0 Å². The molecule has 6 nitrogen and oxygen atoms in total. The number of benzene rings is 2. The third kappa shape index (κ3) is 5.27. The van der Waals surface area contributed by atoms with Gasteiger partial charge in [-0.1, -0.05) is 6.07 Å². The van der Waals surface area contributed by atoms with Crippen LogP contribution in [0.2, 0.25) is 0 Å². The second-order valence-corrected chi connectivity index (χ2v) is 7.32. The lowest BCUT2D eigenvalue weighted by Crippen LogP contribution is -2.30. The summed E-state index contributed by atoms with van der Waals surface area (Å²) in [6.07, 6.45) is 0. The van der Waals surface area contributed by atoms with Crippen LogP contribution in [0.5, 0.6) is 17.2 Å². The molecule has 0 bridgehead atoms. The Kier molecular flexibility index (Phi) is 7.24. The Hall–Kier alpha value is -3.13. The van der Waals surface area contributed by atoms with Gasteiger partial charge in [-0.25, -0.2) is 9.37 Å². The number of thiazole rings is 1. The predicted molar refractivity (Wildman–Crippen MR) is 113 cm³/mol. The number of carbonyl (C=O) groups excluding carboxylic acids is 1. The molecule has 0 unspecified atom stereocenters. The molecule has 3 aromatic rings. The first-order chi connectivity index (χ1) is 14.5. The third-order valence-corrected chi connectivity index (χ3v) is 5.26. The van der Waals surface area contributed by atoms with Crippen molar-refractivity contribution in [3.8, 4) is 17.2 Å². The van der Waals surface area contributed by atoms with Crippen LogP contribution in [0.3, 0.4) is 0 Å². The second kappa shape index (κ2) is 10.1. The molecule has 0 radical (unpaired) electrons. The van der Waals surface area contributed by atoms with Gasteiger partial charge in [0, 0.05) is 18.5 Å². The molecule has 0 fully saturated rings. The third-order valence-electron chi connectivity index (χ3n) is 4.44. The van der Waals surface area contributed by atoms with Crippen LogP contribution in [0.25, 0.3) is 0 Å². The summed E-state index contributed by atoms with van der Waals surface area (Å²) in [4.78, 5) is 19.0. The molecule has 158 valence electrons. The molecule has 8 heteroatoms. The van der Waals surface area contributed by atoms with E-state index in [1.54, 1.807) is 36.6 Å². The van der Waals surface area contributed by atoms with Crippen molar-refractivity contribution in [3.05, 3.63) is 69.9 Å². The van der Waals surface area contributed by atoms with Crippen LogP contribution in [-0.4, -0.2) is 36.6 Å². The second-order valence-electron chi connectivity index (χ2n) is 6.38. The molecule has 0 aliphatic carbocycles. The van der Waals surface area contributed by atoms with E-state index in [9.17, 15) is 9.18 Å². The average molecular weight is 431 g/mol. The average Bonchev–Trinajstić information content (AvgIpc) is 3.25. The lowest BCUT2D eigenvalue weighted by molar-refractivity contribution is 0.0747. The van der Waals surface area contributed by atoms with E-state index in [1.807, 2.05) is 25.1 Å². The zero-order valence-electron chi connectivity index (χ0n) is 17.1. The van der Waals surface area contributed by atoms with Crippen molar-refractivity contribution in [2.75, 3.05) is 20.8 Å². The molecule has 2 aromatic carbocycles. The molecule has 1 heterocycles. The maximum absolute atomic E-state index is 13.0. The van der Waals surface area contributed by atoms with Crippen molar-refractivity contribution < 1.29 is 23.4 Å². The number of hydrogen-bond donors (Lipinski definition) is 0. The Morgan fingerprint density at radius 2 is 1.83 bits per heavy atom. The van der Waals surface area contributed by atoms with Crippen molar-refractivity contribution in [1.82, 2.24) is 9.88 Å². The van der Waals surface area contributed by atoms with Crippen LogP contribution in [0.4, 0.5) is 4.39 Å². The van der Waals surface area contributed by atoms with Crippen molar-refractivity contribution in [2.45, 2.75) is 20.1 Å². The number of hydrogen-bond acceptors (Lipinski definition) is 6. The highest BCUT2D eigenvalue weighted by molar-refractivity contribution is 7.09. The van der Waals surface area contributed by atoms with Gasteiger partial charge in [0.1, 0.15) is 28.9 Å². The summed E-state index contributed by atoms with van der Waals surface area (Å²) in [6, 6.07) is 11.4. The molecular formula is C22H23FN2O4S. The molecule has 3 rings (SSSR count). The minimum absolute atomic E-state index is 0.156. The standard InChI is InChI=1S/C22H23FN2O4S/c1-4-25(12-15-5-10-19(27-2)20(11-15)28-3)22(26)18-14-30-21(24-18)13-29-17-8-6-16(23)7-9-17/h5-11,14H,4,12-13H2,1-3H3. The minimum Gasteiger partial charge on any atom is -0.493 e. The summed E-state index contributed by atoms with van der Waals surface area (Å²) in [6.45, 7) is 3.09. The van der Waals surface area contributed by atoms with Crippen LogP contribution < -0.4 is 14.2 Å². The van der Waals surface area contributed by atoms with Gasteiger partial charge >= 0.3 is 0 Å². The fraction of sp³-hybridized carbons (Fsp3) is 0.273. The van der Waals surface area contributed by atoms with E-state index in [1.165, 1.54) is 23.5 Å². The number of halogens is 1. The first kappa shape index (κ1) is 21.6. The topological polar surface area (TPSA) is 60.9 Å². The van der Waals surface area contributed by atoms with E-state index in [2.05, 4.69) is 4.98 Å².